The van der Waals surface area contributed by atoms with Gasteiger partial charge in [0.15, 0.2) is 0 Å². The normalized spacial score (nSPS) is 21.1. The number of rotatable bonds is 3. The van der Waals surface area contributed by atoms with Gasteiger partial charge in [0, 0.05) is 13.0 Å². The second-order valence-electron chi connectivity index (χ2n) is 7.41. The van der Waals surface area contributed by atoms with Crippen molar-refractivity contribution in [1.82, 2.24) is 4.90 Å². The van der Waals surface area contributed by atoms with Crippen LogP contribution in [0.4, 0.5) is 4.79 Å². The van der Waals surface area contributed by atoms with Gasteiger partial charge in [0.25, 0.3) is 0 Å². The average molecular weight is 285 g/mol. The lowest BCUT2D eigenvalue weighted by molar-refractivity contribution is 0.114. The van der Waals surface area contributed by atoms with Crippen LogP contribution in [0.25, 0.3) is 0 Å². The summed E-state index contributed by atoms with van der Waals surface area (Å²) in [4.78, 5) is 12.8. The van der Waals surface area contributed by atoms with E-state index in [1.807, 2.05) is 6.08 Å². The van der Waals surface area contributed by atoms with E-state index in [1.54, 1.807) is 0 Å². The van der Waals surface area contributed by atoms with Gasteiger partial charge in [-0.3, -0.25) is 0 Å². The first-order valence-electron chi connectivity index (χ1n) is 6.87. The van der Waals surface area contributed by atoms with Crippen molar-refractivity contribution in [2.75, 3.05) is 6.54 Å². The molecule has 5 heteroatoms. The number of nitrogens with zero attached hydrogens (tertiary/aromatic N) is 1. The first-order valence-corrected chi connectivity index (χ1v) is 10.3. The molecular weight excluding hydrogens is 258 g/mol. The van der Waals surface area contributed by atoms with Gasteiger partial charge in [-0.2, -0.15) is 0 Å². The van der Waals surface area contributed by atoms with Crippen molar-refractivity contribution < 1.29 is 14.3 Å². The Balaban J connectivity index is 2.88. The quantitative estimate of drug-likeness (QED) is 0.800. The Kier molecular flexibility index (Phi) is 4.71. The minimum atomic E-state index is -1.62. The Morgan fingerprint density at radius 3 is 2.47 bits per heavy atom. The number of amides is 1. The lowest BCUT2D eigenvalue weighted by Crippen LogP contribution is -2.44. The molecule has 1 amide bonds. The molecule has 0 spiro atoms. The molecule has 0 saturated carbocycles. The minimum absolute atomic E-state index is 0.0717. The fourth-order valence-corrected chi connectivity index (χ4v) is 3.25. The van der Waals surface area contributed by atoms with Gasteiger partial charge < -0.3 is 14.4 Å². The highest BCUT2D eigenvalue weighted by atomic mass is 28.4. The summed E-state index contributed by atoms with van der Waals surface area (Å²) in [6.07, 6.45) is 2.69. The molecule has 0 radical (unpaired) electrons. The molecule has 1 aliphatic heterocycles. The zero-order valence-electron chi connectivity index (χ0n) is 13.0. The molecule has 0 bridgehead atoms. The molecule has 0 aromatic heterocycles. The molecule has 1 unspecified atom stereocenters. The van der Waals surface area contributed by atoms with Crippen LogP contribution in [-0.4, -0.2) is 37.0 Å². The van der Waals surface area contributed by atoms with Crippen molar-refractivity contribution >= 4 is 14.4 Å². The van der Waals surface area contributed by atoms with E-state index in [-0.39, 0.29) is 11.5 Å². The summed E-state index contributed by atoms with van der Waals surface area (Å²) in [5.74, 6) is 0.978. The van der Waals surface area contributed by atoms with Crippen molar-refractivity contribution in [3.8, 4) is 0 Å². The van der Waals surface area contributed by atoms with Gasteiger partial charge in [-0.15, -0.1) is 0 Å². The van der Waals surface area contributed by atoms with E-state index in [1.165, 1.54) is 4.90 Å². The molecule has 1 N–H and O–H groups in total. The maximum Gasteiger partial charge on any atom is 0.407 e. The van der Waals surface area contributed by atoms with Gasteiger partial charge in [-0.05, 0) is 37.6 Å². The largest absolute Gasteiger partial charge is 0.547 e. The Labute approximate surface area is 117 Å². The van der Waals surface area contributed by atoms with Gasteiger partial charge >= 0.3 is 6.09 Å². The van der Waals surface area contributed by atoms with Crippen LogP contribution in [0.15, 0.2) is 11.8 Å². The predicted octanol–water partition coefficient (Wildman–Crippen LogP) is 3.91. The third-order valence-electron chi connectivity index (χ3n) is 2.88. The van der Waals surface area contributed by atoms with Crippen LogP contribution in [0.2, 0.25) is 19.6 Å². The molecule has 0 saturated heterocycles. The van der Waals surface area contributed by atoms with Crippen LogP contribution < -0.4 is 0 Å². The van der Waals surface area contributed by atoms with Crippen LogP contribution in [-0.2, 0) is 4.43 Å². The SMILES string of the molecule is CC(C)(C)CC1C=C(O[Si](C)(C)C)CCN1C(=O)O. The first kappa shape index (κ1) is 16.1. The Hall–Kier alpha value is -0.973. The van der Waals surface area contributed by atoms with E-state index in [4.69, 9.17) is 4.43 Å². The number of hydrogen-bond donors (Lipinski definition) is 1. The minimum Gasteiger partial charge on any atom is -0.547 e. The summed E-state index contributed by atoms with van der Waals surface area (Å²) in [5.41, 5.74) is 0.0937. The maximum atomic E-state index is 11.3. The third-order valence-corrected chi connectivity index (χ3v) is 3.76. The van der Waals surface area contributed by atoms with E-state index in [9.17, 15) is 9.90 Å². The fourth-order valence-electron chi connectivity index (χ4n) is 2.30. The van der Waals surface area contributed by atoms with Crippen LogP contribution in [0, 0.1) is 5.41 Å². The summed E-state index contributed by atoms with van der Waals surface area (Å²) in [6, 6.07) is -0.0717. The van der Waals surface area contributed by atoms with E-state index in [0.717, 1.165) is 12.2 Å². The molecule has 19 heavy (non-hydrogen) atoms. The maximum absolute atomic E-state index is 11.3. The summed E-state index contributed by atoms with van der Waals surface area (Å²) in [5, 5.41) is 9.29. The highest BCUT2D eigenvalue weighted by molar-refractivity contribution is 6.70. The Morgan fingerprint density at radius 1 is 1.47 bits per heavy atom. The molecule has 0 fully saturated rings. The second-order valence-corrected chi connectivity index (χ2v) is 11.8. The highest BCUT2D eigenvalue weighted by Crippen LogP contribution is 2.29. The van der Waals surface area contributed by atoms with Crippen LogP contribution >= 0.6 is 0 Å². The Morgan fingerprint density at radius 2 is 2.05 bits per heavy atom. The van der Waals surface area contributed by atoms with Crippen LogP contribution in [0.1, 0.15) is 33.6 Å². The molecule has 0 aliphatic carbocycles. The summed E-state index contributed by atoms with van der Waals surface area (Å²) in [6.45, 7) is 13.4. The average Bonchev–Trinajstić information content (AvgIpc) is 2.11. The summed E-state index contributed by atoms with van der Waals surface area (Å²) >= 11 is 0. The van der Waals surface area contributed by atoms with Crippen molar-refractivity contribution in [2.45, 2.75) is 59.3 Å². The predicted molar refractivity (Wildman–Crippen MR) is 79.7 cm³/mol. The molecule has 1 rings (SSSR count). The van der Waals surface area contributed by atoms with Crippen molar-refractivity contribution in [2.24, 2.45) is 5.41 Å². The summed E-state index contributed by atoms with van der Waals surface area (Å²) in [7, 11) is -1.62. The lowest BCUT2D eigenvalue weighted by atomic mass is 9.86. The molecule has 1 aliphatic rings. The third kappa shape index (κ3) is 5.68. The molecule has 1 atom stereocenters. The van der Waals surface area contributed by atoms with Crippen molar-refractivity contribution in [1.29, 1.82) is 0 Å². The van der Waals surface area contributed by atoms with E-state index in [2.05, 4.69) is 40.4 Å². The van der Waals surface area contributed by atoms with Gasteiger partial charge in [0.05, 0.1) is 11.8 Å². The number of carbonyl (C=O) groups is 1. The van der Waals surface area contributed by atoms with Gasteiger partial charge in [0.2, 0.25) is 8.32 Å². The smallest absolute Gasteiger partial charge is 0.407 e. The van der Waals surface area contributed by atoms with Crippen molar-refractivity contribution in [3.05, 3.63) is 11.8 Å². The molecule has 0 aromatic rings. The molecular formula is C14H27NO3Si. The van der Waals surface area contributed by atoms with Gasteiger partial charge in [-0.25, -0.2) is 4.79 Å². The number of hydrogen-bond acceptors (Lipinski definition) is 2. The van der Waals surface area contributed by atoms with Gasteiger partial charge in [0.1, 0.15) is 0 Å². The molecule has 1 heterocycles. The molecule has 4 nitrogen and oxygen atoms in total. The van der Waals surface area contributed by atoms with E-state index >= 15 is 0 Å². The van der Waals surface area contributed by atoms with Crippen LogP contribution in [0.5, 0.6) is 0 Å². The van der Waals surface area contributed by atoms with Gasteiger partial charge in [-0.1, -0.05) is 20.8 Å². The fraction of sp³-hybridized carbons (Fsp3) is 0.786. The number of carboxylic acid groups (broad SMARTS) is 1. The lowest BCUT2D eigenvalue weighted by Gasteiger charge is -2.37. The van der Waals surface area contributed by atoms with E-state index < -0.39 is 14.4 Å². The van der Waals surface area contributed by atoms with Crippen molar-refractivity contribution in [3.63, 3.8) is 0 Å². The molecule has 110 valence electrons. The zero-order valence-corrected chi connectivity index (χ0v) is 14.0. The summed E-state index contributed by atoms with van der Waals surface area (Å²) < 4.78 is 6.03. The standard InChI is InChI=1S/C14H27NO3Si/c1-14(2,3)10-11-9-12(18-19(4,5)6)7-8-15(11)13(16)17/h9,11H,7-8,10H2,1-6H3,(H,16,17). The Bertz CT molecular complexity index is 366. The van der Waals surface area contributed by atoms with E-state index in [0.29, 0.717) is 13.0 Å². The monoisotopic (exact) mass is 285 g/mol. The second kappa shape index (κ2) is 5.57. The van der Waals surface area contributed by atoms with Crippen LogP contribution in [0.3, 0.4) is 0 Å². The first-order chi connectivity index (χ1) is 8.48. The zero-order chi connectivity index (χ0) is 14.8. The molecule has 0 aromatic carbocycles. The highest BCUT2D eigenvalue weighted by Gasteiger charge is 2.31. The topological polar surface area (TPSA) is 49.8 Å².